The molecule has 0 aliphatic heterocycles. The zero-order chi connectivity index (χ0) is 16.2. The van der Waals surface area contributed by atoms with E-state index in [2.05, 4.69) is 10.3 Å². The molecule has 0 saturated heterocycles. The number of hydrogen-bond donors (Lipinski definition) is 1. The number of aromatic nitrogens is 1. The Morgan fingerprint density at radius 3 is 2.59 bits per heavy atom. The second-order valence-corrected chi connectivity index (χ2v) is 5.03. The van der Waals surface area contributed by atoms with Crippen molar-refractivity contribution in [1.82, 2.24) is 4.98 Å². The predicted octanol–water partition coefficient (Wildman–Crippen LogP) is 4.28. The lowest BCUT2D eigenvalue weighted by molar-refractivity contribution is -0.150. The number of carbonyl (C=O) groups is 1. The number of hydrogen-bond acceptors (Lipinski definition) is 2. The smallest absolute Gasteiger partial charge is 0.326 e. The van der Waals surface area contributed by atoms with Gasteiger partial charge in [0.15, 0.2) is 0 Å². The minimum absolute atomic E-state index is 0.459. The number of anilines is 1. The van der Waals surface area contributed by atoms with Crippen molar-refractivity contribution in [3.63, 3.8) is 0 Å². The molecular formula is C16H15F3N2O. The monoisotopic (exact) mass is 308 g/mol. The predicted molar refractivity (Wildman–Crippen MR) is 78.1 cm³/mol. The van der Waals surface area contributed by atoms with Crippen LogP contribution in [-0.4, -0.2) is 17.1 Å². The van der Waals surface area contributed by atoms with Crippen LogP contribution in [-0.2, 0) is 4.79 Å². The van der Waals surface area contributed by atoms with Crippen molar-refractivity contribution in [3.05, 3.63) is 48.8 Å². The first-order valence-electron chi connectivity index (χ1n) is 6.73. The highest BCUT2D eigenvalue weighted by atomic mass is 19.4. The third kappa shape index (κ3) is 4.58. The molecule has 0 spiro atoms. The van der Waals surface area contributed by atoms with Crippen LogP contribution in [0, 0.1) is 5.92 Å². The summed E-state index contributed by atoms with van der Waals surface area (Å²) in [6.07, 6.45) is -2.17. The summed E-state index contributed by atoms with van der Waals surface area (Å²) in [5.74, 6) is -1.79. The van der Waals surface area contributed by atoms with Crippen molar-refractivity contribution in [2.75, 3.05) is 5.32 Å². The quantitative estimate of drug-likeness (QED) is 0.916. The summed E-state index contributed by atoms with van der Waals surface area (Å²) >= 11 is 0. The molecule has 0 aliphatic carbocycles. The van der Waals surface area contributed by atoms with E-state index in [1.807, 2.05) is 12.1 Å². The maximum absolute atomic E-state index is 12.3. The van der Waals surface area contributed by atoms with Gasteiger partial charge in [-0.15, -0.1) is 0 Å². The Labute approximate surface area is 126 Å². The number of rotatable bonds is 4. The Bertz CT molecular complexity index is 641. The summed E-state index contributed by atoms with van der Waals surface area (Å²) in [7, 11) is 0. The number of nitrogens with zero attached hydrogens (tertiary/aromatic N) is 1. The van der Waals surface area contributed by atoms with E-state index in [0.29, 0.717) is 5.69 Å². The number of nitrogens with one attached hydrogen (secondary N) is 1. The second-order valence-electron chi connectivity index (χ2n) is 5.03. The van der Waals surface area contributed by atoms with E-state index in [1.54, 1.807) is 36.7 Å². The third-order valence-corrected chi connectivity index (χ3v) is 3.11. The van der Waals surface area contributed by atoms with Crippen molar-refractivity contribution < 1.29 is 18.0 Å². The lowest BCUT2D eigenvalue weighted by atomic mass is 10.1. The minimum atomic E-state index is -4.35. The maximum atomic E-state index is 12.3. The Balaban J connectivity index is 2.09. The molecular weight excluding hydrogens is 293 g/mol. The summed E-state index contributed by atoms with van der Waals surface area (Å²) in [5.41, 5.74) is 2.15. The molecule has 1 heterocycles. The summed E-state index contributed by atoms with van der Waals surface area (Å²) < 4.78 is 36.9. The van der Waals surface area contributed by atoms with Gasteiger partial charge in [0, 0.05) is 29.6 Å². The molecule has 116 valence electrons. The van der Waals surface area contributed by atoms with Gasteiger partial charge < -0.3 is 5.32 Å². The largest absolute Gasteiger partial charge is 0.389 e. The molecule has 0 saturated carbocycles. The van der Waals surface area contributed by atoms with E-state index in [9.17, 15) is 18.0 Å². The van der Waals surface area contributed by atoms with Crippen LogP contribution >= 0.6 is 0 Å². The molecule has 1 N–H and O–H groups in total. The summed E-state index contributed by atoms with van der Waals surface area (Å²) in [5, 5.41) is 2.52. The lowest BCUT2D eigenvalue weighted by Crippen LogP contribution is -2.25. The summed E-state index contributed by atoms with van der Waals surface area (Å²) in [6, 6.07) is 10.6. The minimum Gasteiger partial charge on any atom is -0.326 e. The van der Waals surface area contributed by atoms with Gasteiger partial charge >= 0.3 is 6.18 Å². The first-order chi connectivity index (χ1) is 10.3. The molecule has 3 nitrogen and oxygen atoms in total. The Morgan fingerprint density at radius 1 is 1.23 bits per heavy atom. The molecule has 1 aromatic heterocycles. The van der Waals surface area contributed by atoms with Gasteiger partial charge in [0.25, 0.3) is 0 Å². The molecule has 1 amide bonds. The van der Waals surface area contributed by atoms with Gasteiger partial charge in [0.2, 0.25) is 5.91 Å². The van der Waals surface area contributed by atoms with E-state index in [0.717, 1.165) is 11.1 Å². The normalized spacial score (nSPS) is 12.7. The van der Waals surface area contributed by atoms with Gasteiger partial charge in [-0.3, -0.25) is 9.78 Å². The number of carbonyl (C=O) groups excluding carboxylic acids is 1. The van der Waals surface area contributed by atoms with Gasteiger partial charge in [-0.25, -0.2) is 0 Å². The number of pyridine rings is 1. The highest BCUT2D eigenvalue weighted by Gasteiger charge is 2.32. The Morgan fingerprint density at radius 2 is 1.95 bits per heavy atom. The Kier molecular flexibility index (Phi) is 4.80. The Hall–Kier alpha value is -2.37. The van der Waals surface area contributed by atoms with E-state index >= 15 is 0 Å². The molecule has 0 unspecified atom stereocenters. The second kappa shape index (κ2) is 6.60. The average Bonchev–Trinajstić information content (AvgIpc) is 2.46. The highest BCUT2D eigenvalue weighted by Crippen LogP contribution is 2.26. The van der Waals surface area contributed by atoms with Crippen molar-refractivity contribution in [3.8, 4) is 11.1 Å². The van der Waals surface area contributed by atoms with Crippen molar-refractivity contribution in [1.29, 1.82) is 0 Å². The first kappa shape index (κ1) is 16.0. The van der Waals surface area contributed by atoms with Gasteiger partial charge in [-0.2, -0.15) is 13.2 Å². The standard InChI is InChI=1S/C16H15F3N2O/c1-11(9-16(17,18)19)15(22)21-14-6-2-4-12(8-14)13-5-3-7-20-10-13/h2-8,10-11H,9H2,1H3,(H,21,22)/t11-/m1/s1. The molecule has 0 fully saturated rings. The van der Waals surface area contributed by atoms with E-state index in [1.165, 1.54) is 6.92 Å². The number of benzene rings is 1. The zero-order valence-electron chi connectivity index (χ0n) is 11.9. The first-order valence-corrected chi connectivity index (χ1v) is 6.73. The van der Waals surface area contributed by atoms with Gasteiger partial charge in [-0.1, -0.05) is 25.1 Å². The van der Waals surface area contributed by atoms with E-state index in [4.69, 9.17) is 0 Å². The highest BCUT2D eigenvalue weighted by molar-refractivity contribution is 5.93. The molecule has 1 aromatic carbocycles. The SMILES string of the molecule is C[C@H](CC(F)(F)F)C(=O)Nc1cccc(-c2cccnc2)c1. The summed E-state index contributed by atoms with van der Waals surface area (Å²) in [4.78, 5) is 15.8. The van der Waals surface area contributed by atoms with Crippen LogP contribution in [0.15, 0.2) is 48.8 Å². The van der Waals surface area contributed by atoms with E-state index < -0.39 is 24.4 Å². The van der Waals surface area contributed by atoms with E-state index in [-0.39, 0.29) is 0 Å². The number of halogens is 3. The topological polar surface area (TPSA) is 42.0 Å². The zero-order valence-corrected chi connectivity index (χ0v) is 11.9. The molecule has 22 heavy (non-hydrogen) atoms. The number of amides is 1. The van der Waals surface area contributed by atoms with Crippen LogP contribution in [0.5, 0.6) is 0 Å². The fourth-order valence-electron chi connectivity index (χ4n) is 2.02. The molecule has 2 aromatic rings. The molecule has 0 aliphatic rings. The number of alkyl halides is 3. The van der Waals surface area contributed by atoms with Gasteiger partial charge in [0.05, 0.1) is 6.42 Å². The van der Waals surface area contributed by atoms with Crippen LogP contribution in [0.25, 0.3) is 11.1 Å². The third-order valence-electron chi connectivity index (χ3n) is 3.11. The molecule has 0 radical (unpaired) electrons. The fourth-order valence-corrected chi connectivity index (χ4v) is 2.02. The maximum Gasteiger partial charge on any atom is 0.389 e. The van der Waals surface area contributed by atoms with Gasteiger partial charge in [0.1, 0.15) is 0 Å². The van der Waals surface area contributed by atoms with Crippen LogP contribution in [0.1, 0.15) is 13.3 Å². The van der Waals surface area contributed by atoms with Crippen LogP contribution in [0.2, 0.25) is 0 Å². The van der Waals surface area contributed by atoms with Crippen LogP contribution in [0.4, 0.5) is 18.9 Å². The van der Waals surface area contributed by atoms with Crippen LogP contribution in [0.3, 0.4) is 0 Å². The van der Waals surface area contributed by atoms with Gasteiger partial charge in [-0.05, 0) is 23.8 Å². The van der Waals surface area contributed by atoms with Crippen LogP contribution < -0.4 is 5.32 Å². The fraction of sp³-hybridized carbons (Fsp3) is 0.250. The molecule has 2 rings (SSSR count). The molecule has 0 bridgehead atoms. The molecule has 1 atom stereocenters. The lowest BCUT2D eigenvalue weighted by Gasteiger charge is -2.14. The molecule has 6 heteroatoms. The van der Waals surface area contributed by atoms with Crippen molar-refractivity contribution in [2.24, 2.45) is 5.92 Å². The van der Waals surface area contributed by atoms with Crippen molar-refractivity contribution >= 4 is 11.6 Å². The average molecular weight is 308 g/mol. The van der Waals surface area contributed by atoms with Crippen molar-refractivity contribution in [2.45, 2.75) is 19.5 Å². The summed E-state index contributed by atoms with van der Waals surface area (Å²) in [6.45, 7) is 1.26.